The fourth-order valence-electron chi connectivity index (χ4n) is 2.20. The molecule has 2 aromatic heterocycles. The Labute approximate surface area is 145 Å². The van der Waals surface area contributed by atoms with Crippen LogP contribution in [0.15, 0.2) is 49.1 Å². The van der Waals surface area contributed by atoms with E-state index in [0.717, 1.165) is 36.3 Å². The molecule has 1 N–H and O–H groups in total. The highest BCUT2D eigenvalue weighted by atomic mass is 35.5. The molecule has 0 fully saturated rings. The van der Waals surface area contributed by atoms with Gasteiger partial charge in [0.15, 0.2) is 0 Å². The number of aryl methyl sites for hydroxylation is 3. The molecule has 0 bridgehead atoms. The zero-order chi connectivity index (χ0) is 17.5. The molecule has 0 aliphatic carbocycles. The minimum Gasteiger partial charge on any atom is -0.481 e. The van der Waals surface area contributed by atoms with E-state index in [1.165, 1.54) is 5.56 Å². The van der Waals surface area contributed by atoms with Crippen molar-refractivity contribution in [1.82, 2.24) is 19.3 Å². The minimum absolute atomic E-state index is 0.738. The van der Waals surface area contributed by atoms with Crippen molar-refractivity contribution >= 4 is 17.6 Å². The fraction of sp³-hybridized carbons (Fsp3) is 0.235. The lowest BCUT2D eigenvalue weighted by Crippen LogP contribution is -2.02. The summed E-state index contributed by atoms with van der Waals surface area (Å²) in [6.07, 6.45) is 8.70. The van der Waals surface area contributed by atoms with Gasteiger partial charge in [-0.1, -0.05) is 11.6 Å². The highest BCUT2D eigenvalue weighted by molar-refractivity contribution is 6.30. The van der Waals surface area contributed by atoms with E-state index in [1.54, 1.807) is 0 Å². The van der Waals surface area contributed by atoms with Gasteiger partial charge in [-0.25, -0.2) is 4.98 Å². The molecule has 0 atom stereocenters. The van der Waals surface area contributed by atoms with Crippen molar-refractivity contribution in [3.8, 4) is 11.4 Å². The number of imidazole rings is 1. The number of carboxylic acids is 1. The molecular weight excluding hydrogens is 328 g/mol. The largest absolute Gasteiger partial charge is 0.481 e. The molecule has 3 aromatic rings. The van der Waals surface area contributed by atoms with Crippen molar-refractivity contribution in [3.63, 3.8) is 0 Å². The summed E-state index contributed by atoms with van der Waals surface area (Å²) in [5.74, 6) is 0.130. The van der Waals surface area contributed by atoms with Gasteiger partial charge in [-0.2, -0.15) is 5.10 Å². The molecule has 24 heavy (non-hydrogen) atoms. The number of carbonyl (C=O) groups is 1. The number of aromatic nitrogens is 4. The van der Waals surface area contributed by atoms with Crippen molar-refractivity contribution in [1.29, 1.82) is 0 Å². The molecule has 0 radical (unpaired) electrons. The zero-order valence-electron chi connectivity index (χ0n) is 13.6. The Bertz CT molecular complexity index is 789. The smallest absolute Gasteiger partial charge is 0.300 e. The Morgan fingerprint density at radius 2 is 1.96 bits per heavy atom. The summed E-state index contributed by atoms with van der Waals surface area (Å²) in [5, 5.41) is 12.3. The van der Waals surface area contributed by atoms with Crippen LogP contribution in [0.1, 0.15) is 12.5 Å². The summed E-state index contributed by atoms with van der Waals surface area (Å²) in [5.41, 5.74) is 2.30. The predicted molar refractivity (Wildman–Crippen MR) is 92.9 cm³/mol. The molecule has 1 aromatic carbocycles. The molecule has 0 aliphatic rings. The molecule has 0 amide bonds. The first-order valence-corrected chi connectivity index (χ1v) is 7.77. The lowest BCUT2D eigenvalue weighted by molar-refractivity contribution is -0.134. The Balaban J connectivity index is 0.000000471. The zero-order valence-corrected chi connectivity index (χ0v) is 14.3. The van der Waals surface area contributed by atoms with E-state index in [0.29, 0.717) is 0 Å². The number of hydrogen-bond acceptors (Lipinski definition) is 3. The third-order valence-corrected chi connectivity index (χ3v) is 3.47. The minimum atomic E-state index is -0.833. The van der Waals surface area contributed by atoms with E-state index in [9.17, 15) is 0 Å². The van der Waals surface area contributed by atoms with Crippen molar-refractivity contribution in [2.24, 2.45) is 7.05 Å². The molecule has 2 heterocycles. The van der Waals surface area contributed by atoms with Crippen molar-refractivity contribution in [2.75, 3.05) is 0 Å². The maximum Gasteiger partial charge on any atom is 0.300 e. The maximum atomic E-state index is 9.00. The molecule has 0 saturated heterocycles. The number of nitrogens with zero attached hydrogens (tertiary/aromatic N) is 4. The fourth-order valence-corrected chi connectivity index (χ4v) is 2.33. The Kier molecular flexibility index (Phi) is 6.14. The average molecular weight is 347 g/mol. The summed E-state index contributed by atoms with van der Waals surface area (Å²) < 4.78 is 3.97. The number of aliphatic carboxylic acids is 1. The second kappa shape index (κ2) is 8.31. The molecular formula is C17H19ClN4O2. The Hall–Kier alpha value is -2.60. The van der Waals surface area contributed by atoms with Crippen LogP contribution in [0.25, 0.3) is 11.4 Å². The van der Waals surface area contributed by atoms with Gasteiger partial charge < -0.3 is 9.67 Å². The van der Waals surface area contributed by atoms with Gasteiger partial charge in [-0.3, -0.25) is 9.48 Å². The number of hydrogen-bond donors (Lipinski definition) is 1. The molecule has 0 aliphatic heterocycles. The van der Waals surface area contributed by atoms with Gasteiger partial charge in [-0.15, -0.1) is 0 Å². The summed E-state index contributed by atoms with van der Waals surface area (Å²) in [6.45, 7) is 1.96. The van der Waals surface area contributed by atoms with Gasteiger partial charge in [0.2, 0.25) is 0 Å². The first-order valence-electron chi connectivity index (χ1n) is 7.40. The van der Waals surface area contributed by atoms with Crippen molar-refractivity contribution < 1.29 is 9.90 Å². The van der Waals surface area contributed by atoms with Crippen molar-refractivity contribution in [2.45, 2.75) is 19.9 Å². The number of benzene rings is 1. The lowest BCUT2D eigenvalue weighted by Gasteiger charge is -2.07. The van der Waals surface area contributed by atoms with E-state index in [2.05, 4.69) is 14.6 Å². The van der Waals surface area contributed by atoms with E-state index < -0.39 is 5.97 Å². The van der Waals surface area contributed by atoms with Gasteiger partial charge in [0.1, 0.15) is 5.82 Å². The second-order valence-electron chi connectivity index (χ2n) is 5.24. The molecule has 7 heteroatoms. The monoisotopic (exact) mass is 346 g/mol. The highest BCUT2D eigenvalue weighted by Gasteiger charge is 2.06. The van der Waals surface area contributed by atoms with Crippen LogP contribution in [-0.2, 0) is 24.8 Å². The van der Waals surface area contributed by atoms with Crippen molar-refractivity contribution in [3.05, 3.63) is 59.6 Å². The number of halogens is 1. The number of rotatable bonds is 4. The van der Waals surface area contributed by atoms with Crippen LogP contribution in [0.5, 0.6) is 0 Å². The summed E-state index contributed by atoms with van der Waals surface area (Å²) >= 11 is 5.92. The number of carboxylic acid groups (broad SMARTS) is 1. The van der Waals surface area contributed by atoms with Gasteiger partial charge in [0, 0.05) is 49.7 Å². The molecule has 3 rings (SSSR count). The first kappa shape index (κ1) is 17.7. The van der Waals surface area contributed by atoms with Crippen LogP contribution in [-0.4, -0.2) is 30.4 Å². The average Bonchev–Trinajstić information content (AvgIpc) is 3.14. The van der Waals surface area contributed by atoms with Crippen LogP contribution in [0.2, 0.25) is 5.02 Å². The SMILES string of the molecule is CC(=O)O.Cn1cc(CCn2ccnc2-c2ccc(Cl)cc2)cn1. The van der Waals surface area contributed by atoms with Crippen LogP contribution in [0.3, 0.4) is 0 Å². The van der Waals surface area contributed by atoms with Crippen LogP contribution < -0.4 is 0 Å². The van der Waals surface area contributed by atoms with Gasteiger partial charge in [-0.05, 0) is 36.2 Å². The van der Waals surface area contributed by atoms with Gasteiger partial charge >= 0.3 is 0 Å². The van der Waals surface area contributed by atoms with Crippen LogP contribution in [0, 0.1) is 0 Å². The van der Waals surface area contributed by atoms with E-state index in [4.69, 9.17) is 21.5 Å². The summed E-state index contributed by atoms with van der Waals surface area (Å²) in [7, 11) is 1.93. The van der Waals surface area contributed by atoms with Gasteiger partial charge in [0.05, 0.1) is 6.20 Å². The Morgan fingerprint density at radius 1 is 1.29 bits per heavy atom. The molecule has 0 spiro atoms. The topological polar surface area (TPSA) is 72.9 Å². The first-order chi connectivity index (χ1) is 11.5. The second-order valence-corrected chi connectivity index (χ2v) is 5.68. The molecule has 0 saturated carbocycles. The quantitative estimate of drug-likeness (QED) is 0.786. The molecule has 0 unspecified atom stereocenters. The van der Waals surface area contributed by atoms with Crippen LogP contribution in [0.4, 0.5) is 0 Å². The van der Waals surface area contributed by atoms with E-state index in [-0.39, 0.29) is 0 Å². The summed E-state index contributed by atoms with van der Waals surface area (Å²) in [4.78, 5) is 13.4. The molecule has 6 nitrogen and oxygen atoms in total. The molecule has 126 valence electrons. The predicted octanol–water partition coefficient (Wildman–Crippen LogP) is 3.27. The lowest BCUT2D eigenvalue weighted by atomic mass is 10.2. The summed E-state index contributed by atoms with van der Waals surface area (Å²) in [6, 6.07) is 7.75. The standard InChI is InChI=1S/C15H15ClN4.C2H4O2/c1-19-11-12(10-18-19)6-8-20-9-7-17-15(20)13-2-4-14(16)5-3-13;1-2(3)4/h2-5,7,9-11H,6,8H2,1H3;1H3,(H,3,4). The normalized spacial score (nSPS) is 10.1. The highest BCUT2D eigenvalue weighted by Crippen LogP contribution is 2.20. The van der Waals surface area contributed by atoms with Gasteiger partial charge in [0.25, 0.3) is 5.97 Å². The maximum absolute atomic E-state index is 9.00. The van der Waals surface area contributed by atoms with E-state index >= 15 is 0 Å². The van der Waals surface area contributed by atoms with E-state index in [1.807, 2.05) is 60.8 Å². The third-order valence-electron chi connectivity index (χ3n) is 3.22. The van der Waals surface area contributed by atoms with Crippen LogP contribution >= 0.6 is 11.6 Å². The Morgan fingerprint density at radius 3 is 2.54 bits per heavy atom. The third kappa shape index (κ3) is 5.24.